The van der Waals surface area contributed by atoms with Gasteiger partial charge in [-0.2, -0.15) is 0 Å². The maximum Gasteiger partial charge on any atom is 0.242 e. The van der Waals surface area contributed by atoms with Crippen LogP contribution in [0, 0.1) is 0 Å². The number of nitrogens with one attached hydrogen (secondary N) is 3. The van der Waals surface area contributed by atoms with E-state index in [4.69, 9.17) is 4.42 Å². The van der Waals surface area contributed by atoms with E-state index in [2.05, 4.69) is 43.4 Å². The van der Waals surface area contributed by atoms with Crippen LogP contribution in [0.4, 0.5) is 0 Å². The van der Waals surface area contributed by atoms with Crippen LogP contribution in [0.3, 0.4) is 0 Å². The van der Waals surface area contributed by atoms with Crippen molar-refractivity contribution in [2.75, 3.05) is 32.7 Å². The van der Waals surface area contributed by atoms with E-state index in [0.29, 0.717) is 18.5 Å². The van der Waals surface area contributed by atoms with Crippen LogP contribution in [0.1, 0.15) is 36.4 Å². The summed E-state index contributed by atoms with van der Waals surface area (Å²) in [6.45, 7) is 6.24. The number of aliphatic imine (C=N–C) groups is 1. The van der Waals surface area contributed by atoms with Crippen LogP contribution in [-0.4, -0.2) is 49.5 Å². The second kappa shape index (κ2) is 10.9. The molecule has 2 aromatic heterocycles. The summed E-state index contributed by atoms with van der Waals surface area (Å²) in [7, 11) is 0. The van der Waals surface area contributed by atoms with Gasteiger partial charge in [0.25, 0.3) is 0 Å². The predicted molar refractivity (Wildman–Crippen MR) is 112 cm³/mol. The lowest BCUT2D eigenvalue weighted by Crippen LogP contribution is -2.43. The highest BCUT2D eigenvalue weighted by molar-refractivity contribution is 7.10. The van der Waals surface area contributed by atoms with Crippen LogP contribution in [0.25, 0.3) is 0 Å². The molecule has 28 heavy (non-hydrogen) atoms. The summed E-state index contributed by atoms with van der Waals surface area (Å²) in [4.78, 5) is 20.4. The molecule has 1 unspecified atom stereocenters. The average Bonchev–Trinajstić information content (AvgIpc) is 3.48. The zero-order valence-corrected chi connectivity index (χ0v) is 17.1. The molecule has 0 aromatic carbocycles. The lowest BCUT2D eigenvalue weighted by Gasteiger charge is -2.27. The molecule has 1 fully saturated rings. The fourth-order valence-electron chi connectivity index (χ4n) is 3.28. The van der Waals surface area contributed by atoms with E-state index in [-0.39, 0.29) is 12.5 Å². The zero-order valence-electron chi connectivity index (χ0n) is 16.3. The Hall–Kier alpha value is -2.32. The predicted octanol–water partition coefficient (Wildman–Crippen LogP) is 2.35. The van der Waals surface area contributed by atoms with Gasteiger partial charge in [0, 0.05) is 18.0 Å². The highest BCUT2D eigenvalue weighted by atomic mass is 32.1. The number of rotatable bonds is 9. The first kappa shape index (κ1) is 20.4. The molecule has 0 aliphatic carbocycles. The number of hydrogen-bond donors (Lipinski definition) is 3. The topological polar surface area (TPSA) is 81.9 Å². The Kier molecular flexibility index (Phi) is 7.93. The van der Waals surface area contributed by atoms with Crippen LogP contribution < -0.4 is 16.0 Å². The average molecular weight is 404 g/mol. The van der Waals surface area contributed by atoms with E-state index in [1.165, 1.54) is 17.7 Å². The van der Waals surface area contributed by atoms with Gasteiger partial charge < -0.3 is 20.4 Å². The van der Waals surface area contributed by atoms with Gasteiger partial charge in [-0.1, -0.05) is 6.07 Å². The first-order valence-electron chi connectivity index (χ1n) is 9.85. The number of carbonyl (C=O) groups is 1. The highest BCUT2D eigenvalue weighted by Crippen LogP contribution is 2.27. The van der Waals surface area contributed by atoms with Gasteiger partial charge in [0.05, 0.1) is 18.8 Å². The largest absolute Gasteiger partial charge is 0.467 e. The van der Waals surface area contributed by atoms with Crippen molar-refractivity contribution in [2.45, 2.75) is 32.4 Å². The molecule has 8 heteroatoms. The van der Waals surface area contributed by atoms with E-state index in [0.717, 1.165) is 31.9 Å². The van der Waals surface area contributed by atoms with Gasteiger partial charge in [-0.05, 0) is 56.4 Å². The molecule has 3 heterocycles. The summed E-state index contributed by atoms with van der Waals surface area (Å²) in [6.07, 6.45) is 4.11. The Balaban J connectivity index is 1.53. The number of furan rings is 1. The third-order valence-corrected chi connectivity index (χ3v) is 5.65. The number of amides is 1. The Bertz CT molecular complexity index is 724. The van der Waals surface area contributed by atoms with Crippen molar-refractivity contribution in [1.82, 2.24) is 20.9 Å². The number of thiophene rings is 1. The van der Waals surface area contributed by atoms with Crippen molar-refractivity contribution in [2.24, 2.45) is 4.99 Å². The van der Waals surface area contributed by atoms with Crippen molar-refractivity contribution in [1.29, 1.82) is 0 Å². The Labute approximate surface area is 170 Å². The second-order valence-electron chi connectivity index (χ2n) is 6.71. The number of guanidine groups is 1. The maximum absolute atomic E-state index is 12.1. The van der Waals surface area contributed by atoms with E-state index in [1.54, 1.807) is 23.7 Å². The highest BCUT2D eigenvalue weighted by Gasteiger charge is 2.24. The molecule has 7 nitrogen and oxygen atoms in total. The molecular weight excluding hydrogens is 374 g/mol. The summed E-state index contributed by atoms with van der Waals surface area (Å²) < 4.78 is 5.22. The molecule has 1 atom stereocenters. The van der Waals surface area contributed by atoms with Crippen molar-refractivity contribution >= 4 is 23.2 Å². The van der Waals surface area contributed by atoms with Gasteiger partial charge in [0.1, 0.15) is 12.3 Å². The van der Waals surface area contributed by atoms with Crippen molar-refractivity contribution in [3.63, 3.8) is 0 Å². The summed E-state index contributed by atoms with van der Waals surface area (Å²) in [5.74, 6) is 1.26. The molecule has 0 bridgehead atoms. The molecule has 1 saturated heterocycles. The number of carbonyl (C=O) groups excluding carboxylic acids is 1. The fraction of sp³-hybridized carbons (Fsp3) is 0.500. The van der Waals surface area contributed by atoms with E-state index < -0.39 is 0 Å². The molecule has 2 aromatic rings. The third kappa shape index (κ3) is 6.10. The summed E-state index contributed by atoms with van der Waals surface area (Å²) in [5, 5.41) is 11.6. The molecule has 0 spiro atoms. The van der Waals surface area contributed by atoms with E-state index >= 15 is 0 Å². The van der Waals surface area contributed by atoms with Crippen LogP contribution in [0.15, 0.2) is 45.3 Å². The van der Waals surface area contributed by atoms with E-state index in [9.17, 15) is 4.79 Å². The first-order valence-corrected chi connectivity index (χ1v) is 10.7. The summed E-state index contributed by atoms with van der Waals surface area (Å²) in [6, 6.07) is 8.27. The maximum atomic E-state index is 12.1. The Morgan fingerprint density at radius 1 is 1.25 bits per heavy atom. The molecule has 3 N–H and O–H groups in total. The molecule has 1 amide bonds. The zero-order chi connectivity index (χ0) is 19.6. The second-order valence-corrected chi connectivity index (χ2v) is 7.69. The normalized spacial score (nSPS) is 16.1. The number of nitrogens with zero attached hydrogens (tertiary/aromatic N) is 2. The monoisotopic (exact) mass is 403 g/mol. The SMILES string of the molecule is CCNC(=NCC(=O)NCc1ccco1)NCC(c1cccs1)N1CCCC1. The van der Waals surface area contributed by atoms with Crippen LogP contribution in [0.5, 0.6) is 0 Å². The minimum Gasteiger partial charge on any atom is -0.467 e. The van der Waals surface area contributed by atoms with Crippen molar-refractivity contribution < 1.29 is 9.21 Å². The van der Waals surface area contributed by atoms with Gasteiger partial charge in [-0.15, -0.1) is 11.3 Å². The molecular formula is C20H29N5O2S. The fourth-order valence-corrected chi connectivity index (χ4v) is 4.15. The minimum absolute atomic E-state index is 0.0728. The molecule has 0 saturated carbocycles. The smallest absolute Gasteiger partial charge is 0.242 e. The summed E-state index contributed by atoms with van der Waals surface area (Å²) in [5.41, 5.74) is 0. The first-order chi connectivity index (χ1) is 13.8. The lowest BCUT2D eigenvalue weighted by molar-refractivity contribution is -0.119. The quantitative estimate of drug-likeness (QED) is 0.442. The Morgan fingerprint density at radius 2 is 2.11 bits per heavy atom. The molecule has 152 valence electrons. The molecule has 0 radical (unpaired) electrons. The van der Waals surface area contributed by atoms with Gasteiger partial charge in [0.15, 0.2) is 5.96 Å². The minimum atomic E-state index is -0.136. The van der Waals surface area contributed by atoms with Crippen LogP contribution in [-0.2, 0) is 11.3 Å². The van der Waals surface area contributed by atoms with Gasteiger partial charge >= 0.3 is 0 Å². The van der Waals surface area contributed by atoms with Crippen molar-refractivity contribution in [3.8, 4) is 0 Å². The van der Waals surface area contributed by atoms with Gasteiger partial charge in [-0.25, -0.2) is 4.99 Å². The summed E-state index contributed by atoms with van der Waals surface area (Å²) >= 11 is 1.79. The van der Waals surface area contributed by atoms with Crippen LogP contribution >= 0.6 is 11.3 Å². The number of hydrogen-bond acceptors (Lipinski definition) is 5. The standard InChI is InChI=1S/C20H29N5O2S/c1-2-21-20(24-15-19(26)22-13-16-7-5-11-27-16)23-14-17(18-8-6-12-28-18)25-9-3-4-10-25/h5-8,11-12,17H,2-4,9-10,13-15H2,1H3,(H,22,26)(H2,21,23,24). The lowest BCUT2D eigenvalue weighted by atomic mass is 10.2. The van der Waals surface area contributed by atoms with Gasteiger partial charge in [-0.3, -0.25) is 9.69 Å². The number of likely N-dealkylation sites (tertiary alicyclic amines) is 1. The van der Waals surface area contributed by atoms with Crippen molar-refractivity contribution in [3.05, 3.63) is 46.5 Å². The molecule has 1 aliphatic rings. The molecule has 3 rings (SSSR count). The van der Waals surface area contributed by atoms with Crippen LogP contribution in [0.2, 0.25) is 0 Å². The van der Waals surface area contributed by atoms with Gasteiger partial charge in [0.2, 0.25) is 5.91 Å². The van der Waals surface area contributed by atoms with E-state index in [1.807, 2.05) is 13.0 Å². The molecule has 1 aliphatic heterocycles. The third-order valence-electron chi connectivity index (χ3n) is 4.68. The Morgan fingerprint density at radius 3 is 2.79 bits per heavy atom.